The van der Waals surface area contributed by atoms with E-state index in [9.17, 15) is 13.6 Å². The summed E-state index contributed by atoms with van der Waals surface area (Å²) in [5.74, 6) is -0.0378. The Hall–Kier alpha value is -3.13. The van der Waals surface area contributed by atoms with Crippen LogP contribution in [0.25, 0.3) is 11.5 Å². The molecule has 1 aliphatic heterocycles. The Kier molecular flexibility index (Phi) is 5.12. The van der Waals surface area contributed by atoms with Crippen molar-refractivity contribution in [3.05, 3.63) is 71.6 Å². The zero-order chi connectivity index (χ0) is 19.5. The minimum absolute atomic E-state index is 0.169. The molecule has 0 radical (unpaired) electrons. The number of rotatable bonds is 4. The van der Waals surface area contributed by atoms with Crippen molar-refractivity contribution in [1.82, 2.24) is 19.9 Å². The van der Waals surface area contributed by atoms with Crippen molar-refractivity contribution in [3.63, 3.8) is 0 Å². The van der Waals surface area contributed by atoms with Crippen molar-refractivity contribution < 1.29 is 18.1 Å². The van der Waals surface area contributed by atoms with Gasteiger partial charge in [0, 0.05) is 37.3 Å². The van der Waals surface area contributed by atoms with E-state index in [1.807, 2.05) is 0 Å². The molecule has 1 aliphatic rings. The first-order valence-corrected chi connectivity index (χ1v) is 8.94. The molecule has 3 aromatic rings. The first kappa shape index (κ1) is 18.2. The highest BCUT2D eigenvalue weighted by Crippen LogP contribution is 2.18. The quantitative estimate of drug-likeness (QED) is 0.692. The van der Waals surface area contributed by atoms with Crippen LogP contribution in [0.2, 0.25) is 0 Å². The van der Waals surface area contributed by atoms with Crippen LogP contribution in [0.15, 0.2) is 53.1 Å². The molecule has 8 heteroatoms. The van der Waals surface area contributed by atoms with E-state index < -0.39 is 5.82 Å². The van der Waals surface area contributed by atoms with Gasteiger partial charge in [0.05, 0.1) is 6.54 Å². The molecular weight excluding hydrogens is 366 g/mol. The number of piperazine rings is 1. The maximum atomic E-state index is 13.3. The molecule has 1 aromatic heterocycles. The summed E-state index contributed by atoms with van der Waals surface area (Å²) in [6.45, 7) is 2.88. The molecule has 0 atom stereocenters. The van der Waals surface area contributed by atoms with Crippen molar-refractivity contribution in [2.24, 2.45) is 0 Å². The van der Waals surface area contributed by atoms with Gasteiger partial charge in [-0.15, -0.1) is 0 Å². The molecule has 0 N–H and O–H groups in total. The van der Waals surface area contributed by atoms with Gasteiger partial charge in [-0.05, 0) is 42.5 Å². The Morgan fingerprint density at radius 3 is 2.46 bits per heavy atom. The van der Waals surface area contributed by atoms with E-state index in [1.165, 1.54) is 30.3 Å². The highest BCUT2D eigenvalue weighted by Gasteiger charge is 2.23. The van der Waals surface area contributed by atoms with Crippen LogP contribution < -0.4 is 0 Å². The Balaban J connectivity index is 1.33. The molecule has 0 spiro atoms. The maximum absolute atomic E-state index is 13.3. The molecule has 1 fully saturated rings. The monoisotopic (exact) mass is 384 g/mol. The van der Waals surface area contributed by atoms with Gasteiger partial charge in [-0.2, -0.15) is 4.98 Å². The third-order valence-corrected chi connectivity index (χ3v) is 4.66. The number of carbonyl (C=O) groups excluding carboxylic acids is 1. The molecule has 1 amide bonds. The van der Waals surface area contributed by atoms with Gasteiger partial charge >= 0.3 is 0 Å². The summed E-state index contributed by atoms with van der Waals surface area (Å²) in [4.78, 5) is 20.7. The third-order valence-electron chi connectivity index (χ3n) is 4.66. The highest BCUT2D eigenvalue weighted by molar-refractivity contribution is 5.94. The van der Waals surface area contributed by atoms with E-state index >= 15 is 0 Å². The van der Waals surface area contributed by atoms with Crippen LogP contribution in [-0.2, 0) is 6.54 Å². The van der Waals surface area contributed by atoms with Gasteiger partial charge in [0.15, 0.2) is 5.82 Å². The van der Waals surface area contributed by atoms with Gasteiger partial charge in [-0.1, -0.05) is 11.2 Å². The number of halogens is 2. The van der Waals surface area contributed by atoms with E-state index in [1.54, 1.807) is 23.1 Å². The minimum Gasteiger partial charge on any atom is -0.336 e. The molecule has 0 aliphatic carbocycles. The molecule has 0 unspecified atom stereocenters. The lowest BCUT2D eigenvalue weighted by Crippen LogP contribution is -2.48. The Morgan fingerprint density at radius 2 is 1.75 bits per heavy atom. The Morgan fingerprint density at radius 1 is 1.00 bits per heavy atom. The van der Waals surface area contributed by atoms with Crippen molar-refractivity contribution in [2.75, 3.05) is 26.2 Å². The fourth-order valence-electron chi connectivity index (χ4n) is 3.14. The van der Waals surface area contributed by atoms with Crippen LogP contribution in [0.5, 0.6) is 0 Å². The predicted octanol–water partition coefficient (Wildman–Crippen LogP) is 2.97. The van der Waals surface area contributed by atoms with Crippen LogP contribution in [0.4, 0.5) is 8.78 Å². The lowest BCUT2D eigenvalue weighted by atomic mass is 10.1. The highest BCUT2D eigenvalue weighted by atomic mass is 19.1. The second kappa shape index (κ2) is 7.85. The van der Waals surface area contributed by atoms with Crippen LogP contribution in [0, 0.1) is 11.6 Å². The molecule has 144 valence electrons. The number of nitrogens with zero attached hydrogens (tertiary/aromatic N) is 4. The number of carbonyl (C=O) groups is 1. The molecule has 28 heavy (non-hydrogen) atoms. The Bertz CT molecular complexity index is 966. The topological polar surface area (TPSA) is 62.5 Å². The molecule has 2 heterocycles. The average Bonchev–Trinajstić information content (AvgIpc) is 3.17. The smallest absolute Gasteiger partial charge is 0.257 e. The fraction of sp³-hybridized carbons (Fsp3) is 0.250. The van der Waals surface area contributed by atoms with Gasteiger partial charge in [-0.25, -0.2) is 8.78 Å². The van der Waals surface area contributed by atoms with Crippen molar-refractivity contribution >= 4 is 5.91 Å². The van der Waals surface area contributed by atoms with E-state index in [0.717, 1.165) is 0 Å². The lowest BCUT2D eigenvalue weighted by molar-refractivity contribution is 0.0624. The summed E-state index contributed by atoms with van der Waals surface area (Å²) < 4.78 is 31.6. The first-order chi connectivity index (χ1) is 13.6. The summed E-state index contributed by atoms with van der Waals surface area (Å²) in [6, 6.07) is 11.6. The summed E-state index contributed by atoms with van der Waals surface area (Å²) >= 11 is 0. The number of hydrogen-bond acceptors (Lipinski definition) is 5. The van der Waals surface area contributed by atoms with E-state index in [-0.39, 0.29) is 11.7 Å². The first-order valence-electron chi connectivity index (χ1n) is 8.94. The normalized spacial score (nSPS) is 15.0. The van der Waals surface area contributed by atoms with Crippen molar-refractivity contribution in [2.45, 2.75) is 6.54 Å². The van der Waals surface area contributed by atoms with Gasteiger partial charge < -0.3 is 9.42 Å². The second-order valence-electron chi connectivity index (χ2n) is 6.60. The van der Waals surface area contributed by atoms with E-state index in [2.05, 4.69) is 15.0 Å². The average molecular weight is 384 g/mol. The van der Waals surface area contributed by atoms with Gasteiger partial charge in [-0.3, -0.25) is 9.69 Å². The summed E-state index contributed by atoms with van der Waals surface area (Å²) in [7, 11) is 0. The number of amides is 1. The summed E-state index contributed by atoms with van der Waals surface area (Å²) in [5.41, 5.74) is 1.02. The zero-order valence-corrected chi connectivity index (χ0v) is 15.0. The molecule has 1 saturated heterocycles. The van der Waals surface area contributed by atoms with E-state index in [4.69, 9.17) is 4.52 Å². The van der Waals surface area contributed by atoms with Crippen LogP contribution in [-0.4, -0.2) is 52.0 Å². The zero-order valence-electron chi connectivity index (χ0n) is 15.0. The fourth-order valence-corrected chi connectivity index (χ4v) is 3.14. The van der Waals surface area contributed by atoms with Gasteiger partial charge in [0.2, 0.25) is 0 Å². The maximum Gasteiger partial charge on any atom is 0.257 e. The standard InChI is InChI=1S/C20H18F2N4O2/c21-16-6-4-14(5-7-16)19-23-18(24-28-19)13-25-8-10-26(11-9-25)20(27)15-2-1-3-17(22)12-15/h1-7,12H,8-11,13H2. The van der Waals surface area contributed by atoms with Crippen LogP contribution in [0.3, 0.4) is 0 Å². The van der Waals surface area contributed by atoms with Gasteiger partial charge in [0.1, 0.15) is 11.6 Å². The summed E-state index contributed by atoms with van der Waals surface area (Å²) in [6.07, 6.45) is 0. The van der Waals surface area contributed by atoms with Gasteiger partial charge in [0.25, 0.3) is 11.8 Å². The minimum atomic E-state index is -0.418. The second-order valence-corrected chi connectivity index (χ2v) is 6.60. The summed E-state index contributed by atoms with van der Waals surface area (Å²) in [5, 5.41) is 3.98. The lowest BCUT2D eigenvalue weighted by Gasteiger charge is -2.34. The molecule has 0 saturated carbocycles. The SMILES string of the molecule is O=C(c1cccc(F)c1)N1CCN(Cc2noc(-c3ccc(F)cc3)n2)CC1. The largest absolute Gasteiger partial charge is 0.336 e. The molecule has 2 aromatic carbocycles. The predicted molar refractivity (Wildman–Crippen MR) is 97.3 cm³/mol. The molecular formula is C20H18F2N4O2. The van der Waals surface area contributed by atoms with Crippen LogP contribution in [0.1, 0.15) is 16.2 Å². The molecule has 0 bridgehead atoms. The molecule has 6 nitrogen and oxygen atoms in total. The van der Waals surface area contributed by atoms with E-state index in [0.29, 0.717) is 55.6 Å². The number of benzene rings is 2. The van der Waals surface area contributed by atoms with Crippen LogP contribution >= 0.6 is 0 Å². The van der Waals surface area contributed by atoms with Crippen molar-refractivity contribution in [1.29, 1.82) is 0 Å². The third kappa shape index (κ3) is 4.07. The number of aromatic nitrogens is 2. The Labute approximate surface area is 160 Å². The number of hydrogen-bond donors (Lipinski definition) is 0. The van der Waals surface area contributed by atoms with Crippen molar-refractivity contribution in [3.8, 4) is 11.5 Å². The molecule has 4 rings (SSSR count).